The highest BCUT2D eigenvalue weighted by Crippen LogP contribution is 2.76. The Morgan fingerprint density at radius 2 is 1.75 bits per heavy atom. The standard InChI is InChI=1S/C49H72ClN3O3/c1-33(2)35-17-24-49(52-28-31-53-29-9-8-10-30-53)26-25-46(6)37(41(35)49)13-14-40-45(5)20-18-36(44(3,4)39(45)19-21-47(40,46)7)34-15-22-48(23-16-34,43(54)55)32-56-42-38(50)12-11-27-51-42/h11-12,15,18,27,35,37,39-41,52H,1,8-10,13-14,16-17,19-26,28-32H2,2-7H3,(H,54,55)/t35-,37+,39-,40+,41+,45-,46+,47+,48-,49-/m0/s1. The summed E-state index contributed by atoms with van der Waals surface area (Å²) in [6.45, 7) is 25.2. The SMILES string of the molecule is C=C(C)[C@@H]1CC[C@]2(NCCN3CCCCC3)CC[C@]3(C)[C@H](CC[C@@H]4[C@@]5(C)CC=C(C6=CC[C@](COc7ncccc7Cl)(C(=O)O)CC6)C(C)(C)[C@@H]5CC[C@]43C)[C@@H]12. The van der Waals surface area contributed by atoms with Crippen molar-refractivity contribution in [1.29, 1.82) is 0 Å². The lowest BCUT2D eigenvalue weighted by atomic mass is 9.33. The monoisotopic (exact) mass is 786 g/mol. The van der Waals surface area contributed by atoms with E-state index in [1.807, 2.05) is 0 Å². The number of carboxylic acid groups (broad SMARTS) is 1. The van der Waals surface area contributed by atoms with Crippen molar-refractivity contribution in [1.82, 2.24) is 15.2 Å². The fraction of sp³-hybridized carbons (Fsp3) is 0.755. The largest absolute Gasteiger partial charge is 0.481 e. The molecule has 8 rings (SSSR count). The number of likely N-dealkylation sites (tertiary alicyclic amines) is 1. The minimum atomic E-state index is -0.984. The average molecular weight is 787 g/mol. The number of halogens is 1. The molecule has 6 aliphatic carbocycles. The van der Waals surface area contributed by atoms with Crippen molar-refractivity contribution in [3.05, 3.63) is 58.8 Å². The number of ether oxygens (including phenoxy) is 1. The number of carboxylic acids is 1. The number of rotatable bonds is 10. The fourth-order valence-corrected chi connectivity index (χ4v) is 15.6. The number of carbonyl (C=O) groups is 1. The van der Waals surface area contributed by atoms with E-state index in [0.717, 1.165) is 25.3 Å². The highest BCUT2D eigenvalue weighted by molar-refractivity contribution is 6.31. The maximum atomic E-state index is 12.8. The Hall–Kier alpha value is -2.15. The van der Waals surface area contributed by atoms with E-state index < -0.39 is 11.4 Å². The first-order chi connectivity index (χ1) is 26.6. The first kappa shape index (κ1) is 40.6. The van der Waals surface area contributed by atoms with Gasteiger partial charge in [-0.15, -0.1) is 0 Å². The van der Waals surface area contributed by atoms with Crippen LogP contribution in [-0.4, -0.2) is 59.3 Å². The lowest BCUT2D eigenvalue weighted by Gasteiger charge is -2.72. The maximum absolute atomic E-state index is 12.8. The zero-order valence-electron chi connectivity index (χ0n) is 35.7. The van der Waals surface area contributed by atoms with Gasteiger partial charge in [-0.1, -0.05) is 76.9 Å². The van der Waals surface area contributed by atoms with E-state index in [1.165, 1.54) is 107 Å². The van der Waals surface area contributed by atoms with E-state index in [9.17, 15) is 9.90 Å². The number of allylic oxidation sites excluding steroid dienone is 5. The Morgan fingerprint density at radius 3 is 2.45 bits per heavy atom. The zero-order valence-corrected chi connectivity index (χ0v) is 36.4. The van der Waals surface area contributed by atoms with Crippen LogP contribution in [0.4, 0.5) is 0 Å². The van der Waals surface area contributed by atoms with Gasteiger partial charge in [-0.3, -0.25) is 4.79 Å². The lowest BCUT2D eigenvalue weighted by Crippen LogP contribution is -2.68. The molecule has 0 spiro atoms. The van der Waals surface area contributed by atoms with E-state index in [1.54, 1.807) is 18.3 Å². The second-order valence-electron chi connectivity index (χ2n) is 21.3. The molecule has 0 radical (unpaired) electrons. The third kappa shape index (κ3) is 6.39. The molecular weight excluding hydrogens is 714 g/mol. The van der Waals surface area contributed by atoms with Crippen LogP contribution in [0.25, 0.3) is 0 Å². The molecule has 1 aromatic heterocycles. The molecule has 1 saturated heterocycles. The van der Waals surface area contributed by atoms with Crippen LogP contribution in [0.15, 0.2) is 53.8 Å². The smallest absolute Gasteiger partial charge is 0.313 e. The zero-order chi connectivity index (χ0) is 39.7. The number of hydrogen-bond donors (Lipinski definition) is 2. The van der Waals surface area contributed by atoms with Crippen molar-refractivity contribution in [2.24, 2.45) is 56.7 Å². The van der Waals surface area contributed by atoms with Crippen LogP contribution in [-0.2, 0) is 4.79 Å². The molecule has 0 amide bonds. The molecule has 4 saturated carbocycles. The van der Waals surface area contributed by atoms with E-state index >= 15 is 0 Å². The third-order valence-corrected chi connectivity index (χ3v) is 18.9. The van der Waals surface area contributed by atoms with Crippen LogP contribution in [0.5, 0.6) is 5.88 Å². The van der Waals surface area contributed by atoms with Gasteiger partial charge in [-0.25, -0.2) is 4.98 Å². The Bertz CT molecular complexity index is 1750. The Labute approximate surface area is 343 Å². The molecule has 0 unspecified atom stereocenters. The van der Waals surface area contributed by atoms with Gasteiger partial charge >= 0.3 is 5.97 Å². The van der Waals surface area contributed by atoms with Crippen molar-refractivity contribution in [3.8, 4) is 5.88 Å². The summed E-state index contributed by atoms with van der Waals surface area (Å²) in [7, 11) is 0. The van der Waals surface area contributed by atoms with Gasteiger partial charge in [0.2, 0.25) is 5.88 Å². The average Bonchev–Trinajstić information content (AvgIpc) is 3.55. The molecular formula is C49H72ClN3O3. The second-order valence-corrected chi connectivity index (χ2v) is 21.7. The number of fused-ring (bicyclic) bond motifs is 7. The van der Waals surface area contributed by atoms with Gasteiger partial charge < -0.3 is 20.1 Å². The number of nitrogens with zero attached hydrogens (tertiary/aromatic N) is 2. The van der Waals surface area contributed by atoms with Crippen molar-refractivity contribution in [2.75, 3.05) is 32.8 Å². The minimum Gasteiger partial charge on any atom is -0.481 e. The first-order valence-electron chi connectivity index (χ1n) is 22.6. The molecule has 7 heteroatoms. The molecule has 0 aromatic carbocycles. The van der Waals surface area contributed by atoms with E-state index in [0.29, 0.717) is 58.2 Å². The third-order valence-electron chi connectivity index (χ3n) is 18.6. The summed E-state index contributed by atoms with van der Waals surface area (Å²) >= 11 is 6.30. The fourth-order valence-electron chi connectivity index (χ4n) is 15.5. The van der Waals surface area contributed by atoms with Crippen LogP contribution in [0.3, 0.4) is 0 Å². The summed E-state index contributed by atoms with van der Waals surface area (Å²) in [5.41, 5.74) is 4.45. The van der Waals surface area contributed by atoms with E-state index in [2.05, 4.69) is 75.5 Å². The summed E-state index contributed by atoms with van der Waals surface area (Å²) in [5, 5.41) is 15.2. The highest BCUT2D eigenvalue weighted by Gasteiger charge is 2.70. The lowest BCUT2D eigenvalue weighted by molar-refractivity contribution is -0.221. The normalized spacial score (nSPS) is 41.9. The topological polar surface area (TPSA) is 74.7 Å². The van der Waals surface area contributed by atoms with E-state index in [4.69, 9.17) is 16.3 Å². The minimum absolute atomic E-state index is 0.0234. The molecule has 10 atom stereocenters. The highest BCUT2D eigenvalue weighted by atomic mass is 35.5. The second kappa shape index (κ2) is 14.8. The molecule has 7 aliphatic rings. The van der Waals surface area contributed by atoms with Crippen molar-refractivity contribution < 1.29 is 14.6 Å². The van der Waals surface area contributed by atoms with Gasteiger partial charge in [0.25, 0.3) is 0 Å². The van der Waals surface area contributed by atoms with Crippen LogP contribution >= 0.6 is 11.6 Å². The molecule has 5 fully saturated rings. The van der Waals surface area contributed by atoms with E-state index in [-0.39, 0.29) is 23.0 Å². The predicted octanol–water partition coefficient (Wildman–Crippen LogP) is 11.3. The number of aromatic nitrogens is 1. The molecule has 2 N–H and O–H groups in total. The molecule has 0 bridgehead atoms. The number of hydrogen-bond acceptors (Lipinski definition) is 5. The summed E-state index contributed by atoms with van der Waals surface area (Å²) in [6.07, 6.45) is 24.1. The molecule has 1 aromatic rings. The van der Waals surface area contributed by atoms with Crippen LogP contribution in [0.1, 0.15) is 138 Å². The molecule has 56 heavy (non-hydrogen) atoms. The van der Waals surface area contributed by atoms with Gasteiger partial charge in [0.15, 0.2) is 0 Å². The van der Waals surface area contributed by atoms with Crippen LogP contribution in [0.2, 0.25) is 5.02 Å². The van der Waals surface area contributed by atoms with Crippen molar-refractivity contribution in [3.63, 3.8) is 0 Å². The number of nitrogens with one attached hydrogen (secondary N) is 1. The Morgan fingerprint density at radius 1 is 0.964 bits per heavy atom. The Balaban J connectivity index is 1.02. The summed E-state index contributed by atoms with van der Waals surface area (Å²) < 4.78 is 5.96. The number of pyridine rings is 1. The Kier molecular flexibility index (Phi) is 10.8. The first-order valence-corrected chi connectivity index (χ1v) is 23.0. The summed E-state index contributed by atoms with van der Waals surface area (Å²) in [6, 6.07) is 3.48. The van der Waals surface area contributed by atoms with Crippen molar-refractivity contribution >= 4 is 17.6 Å². The number of aliphatic carboxylic acids is 1. The quantitative estimate of drug-likeness (QED) is 0.230. The van der Waals surface area contributed by atoms with Gasteiger partial charge in [-0.2, -0.15) is 0 Å². The number of piperidine rings is 1. The predicted molar refractivity (Wildman–Crippen MR) is 228 cm³/mol. The van der Waals surface area contributed by atoms with Crippen molar-refractivity contribution in [2.45, 2.75) is 143 Å². The molecule has 308 valence electrons. The molecule has 2 heterocycles. The summed E-state index contributed by atoms with van der Waals surface area (Å²) in [5.74, 6) is 2.87. The van der Waals surface area contributed by atoms with Crippen LogP contribution in [0, 0.1) is 56.7 Å². The van der Waals surface area contributed by atoms with Gasteiger partial charge in [0.1, 0.15) is 17.0 Å². The molecule has 1 aliphatic heterocycles. The van der Waals surface area contributed by atoms with Gasteiger partial charge in [-0.05, 0) is 184 Å². The maximum Gasteiger partial charge on any atom is 0.313 e. The molecule has 6 nitrogen and oxygen atoms in total. The van der Waals surface area contributed by atoms with Crippen LogP contribution < -0.4 is 10.1 Å². The van der Waals surface area contributed by atoms with Gasteiger partial charge in [0.05, 0.1) is 0 Å². The summed E-state index contributed by atoms with van der Waals surface area (Å²) in [4.78, 5) is 19.7. The van der Waals surface area contributed by atoms with Gasteiger partial charge in [0, 0.05) is 24.8 Å².